The average molecular weight is 375 g/mol. The van der Waals surface area contributed by atoms with Crippen LogP contribution in [0.1, 0.15) is 18.1 Å². The number of aliphatic imine (C=N–C) groups is 1. The fourth-order valence-corrected chi connectivity index (χ4v) is 2.56. The molecule has 2 aromatic rings. The lowest BCUT2D eigenvalue weighted by atomic mass is 10.2. The smallest absolute Gasteiger partial charge is 0.191 e. The highest BCUT2D eigenvalue weighted by molar-refractivity contribution is 6.31. The quantitative estimate of drug-likeness (QED) is 0.356. The minimum atomic E-state index is 0.607. The zero-order chi connectivity index (χ0) is 18.6. The van der Waals surface area contributed by atoms with Crippen LogP contribution < -0.4 is 16.0 Å². The molecule has 6 heteroatoms. The second-order valence-corrected chi connectivity index (χ2v) is 6.16. The van der Waals surface area contributed by atoms with E-state index in [2.05, 4.69) is 45.2 Å². The van der Waals surface area contributed by atoms with Gasteiger partial charge < -0.3 is 20.7 Å². The summed E-state index contributed by atoms with van der Waals surface area (Å²) in [5.74, 6) is 0.773. The number of nitrogens with zero attached hydrogens (tertiary/aromatic N) is 1. The molecule has 140 valence electrons. The summed E-state index contributed by atoms with van der Waals surface area (Å²) in [6.07, 6.45) is 0. The van der Waals surface area contributed by atoms with Gasteiger partial charge in [0, 0.05) is 37.5 Å². The zero-order valence-corrected chi connectivity index (χ0v) is 16.1. The van der Waals surface area contributed by atoms with Crippen LogP contribution in [0.5, 0.6) is 0 Å². The van der Waals surface area contributed by atoms with Crippen molar-refractivity contribution in [2.24, 2.45) is 4.99 Å². The molecule has 3 N–H and O–H groups in total. The Balaban J connectivity index is 1.90. The number of rotatable bonds is 9. The van der Waals surface area contributed by atoms with E-state index >= 15 is 0 Å². The maximum atomic E-state index is 6.20. The van der Waals surface area contributed by atoms with Crippen LogP contribution in [0.4, 0.5) is 5.69 Å². The number of methoxy groups -OCH3 is 1. The van der Waals surface area contributed by atoms with Gasteiger partial charge in [-0.25, -0.2) is 4.99 Å². The van der Waals surface area contributed by atoms with Gasteiger partial charge in [-0.15, -0.1) is 0 Å². The number of guanidine groups is 1. The monoisotopic (exact) mass is 374 g/mol. The number of hydrogen-bond donors (Lipinski definition) is 3. The van der Waals surface area contributed by atoms with E-state index in [1.807, 2.05) is 31.2 Å². The molecule has 0 heterocycles. The Morgan fingerprint density at radius 3 is 2.54 bits per heavy atom. The lowest BCUT2D eigenvalue weighted by Crippen LogP contribution is -2.36. The van der Waals surface area contributed by atoms with E-state index in [4.69, 9.17) is 16.3 Å². The molecule has 5 nitrogen and oxygen atoms in total. The summed E-state index contributed by atoms with van der Waals surface area (Å²) in [6.45, 7) is 5.58. The molecule has 0 aliphatic carbocycles. The zero-order valence-electron chi connectivity index (χ0n) is 15.4. The third kappa shape index (κ3) is 6.94. The predicted octanol–water partition coefficient (Wildman–Crippen LogP) is 3.65. The fraction of sp³-hybridized carbons (Fsp3) is 0.350. The van der Waals surface area contributed by atoms with Crippen molar-refractivity contribution in [2.45, 2.75) is 20.0 Å². The Kier molecular flexibility index (Phi) is 8.79. The van der Waals surface area contributed by atoms with Crippen molar-refractivity contribution in [3.05, 3.63) is 64.7 Å². The van der Waals surface area contributed by atoms with E-state index in [1.165, 1.54) is 0 Å². The molecule has 0 spiro atoms. The molecule has 2 aromatic carbocycles. The number of anilines is 1. The van der Waals surface area contributed by atoms with E-state index in [1.54, 1.807) is 7.11 Å². The summed E-state index contributed by atoms with van der Waals surface area (Å²) < 4.78 is 5.04. The van der Waals surface area contributed by atoms with Crippen molar-refractivity contribution >= 4 is 23.2 Å². The van der Waals surface area contributed by atoms with Crippen molar-refractivity contribution in [1.29, 1.82) is 0 Å². The lowest BCUT2D eigenvalue weighted by Gasteiger charge is -2.12. The highest BCUT2D eigenvalue weighted by Gasteiger charge is 2.02. The highest BCUT2D eigenvalue weighted by atomic mass is 35.5. The summed E-state index contributed by atoms with van der Waals surface area (Å²) in [6, 6.07) is 16.1. The SMILES string of the molecule is CCNC(=NCc1ccc(NCCOC)cc1)NCc1ccccc1Cl. The molecule has 26 heavy (non-hydrogen) atoms. The minimum Gasteiger partial charge on any atom is -0.383 e. The van der Waals surface area contributed by atoms with E-state index in [9.17, 15) is 0 Å². The topological polar surface area (TPSA) is 57.7 Å². The fourth-order valence-electron chi connectivity index (χ4n) is 2.36. The normalized spacial score (nSPS) is 11.3. The molecule has 0 aliphatic rings. The Hall–Kier alpha value is -2.24. The largest absolute Gasteiger partial charge is 0.383 e. The summed E-state index contributed by atoms with van der Waals surface area (Å²) in [7, 11) is 1.70. The van der Waals surface area contributed by atoms with E-state index in [0.29, 0.717) is 19.7 Å². The molecule has 0 amide bonds. The Bertz CT molecular complexity index is 688. The van der Waals surface area contributed by atoms with Crippen LogP contribution in [0.25, 0.3) is 0 Å². The van der Waals surface area contributed by atoms with E-state index in [0.717, 1.165) is 40.9 Å². The number of halogens is 1. The van der Waals surface area contributed by atoms with E-state index < -0.39 is 0 Å². The summed E-state index contributed by atoms with van der Waals surface area (Å²) in [4.78, 5) is 4.64. The first-order chi connectivity index (χ1) is 12.7. The van der Waals surface area contributed by atoms with Crippen LogP contribution in [-0.2, 0) is 17.8 Å². The summed E-state index contributed by atoms with van der Waals surface area (Å²) >= 11 is 6.20. The molecule has 0 aromatic heterocycles. The van der Waals surface area contributed by atoms with Crippen molar-refractivity contribution in [3.8, 4) is 0 Å². The van der Waals surface area contributed by atoms with Gasteiger partial charge >= 0.3 is 0 Å². The first-order valence-corrected chi connectivity index (χ1v) is 9.18. The molecular formula is C20H27ClN4O. The lowest BCUT2D eigenvalue weighted by molar-refractivity contribution is 0.211. The third-order valence-corrected chi connectivity index (χ3v) is 4.13. The maximum absolute atomic E-state index is 6.20. The van der Waals surface area contributed by atoms with Gasteiger partial charge in [0.25, 0.3) is 0 Å². The van der Waals surface area contributed by atoms with Gasteiger partial charge in [-0.3, -0.25) is 0 Å². The Morgan fingerprint density at radius 2 is 1.85 bits per heavy atom. The van der Waals surface area contributed by atoms with Gasteiger partial charge in [0.1, 0.15) is 0 Å². The van der Waals surface area contributed by atoms with Crippen LogP contribution in [0.2, 0.25) is 5.02 Å². The maximum Gasteiger partial charge on any atom is 0.191 e. The van der Waals surface area contributed by atoms with Crippen LogP contribution in [0, 0.1) is 0 Å². The van der Waals surface area contributed by atoms with Crippen LogP contribution in [0.15, 0.2) is 53.5 Å². The standard InChI is InChI=1S/C20H27ClN4O/c1-3-22-20(25-15-17-6-4-5-7-19(17)21)24-14-16-8-10-18(11-9-16)23-12-13-26-2/h4-11,23H,3,12-15H2,1-2H3,(H2,22,24,25). The highest BCUT2D eigenvalue weighted by Crippen LogP contribution is 2.14. The summed E-state index contributed by atoms with van der Waals surface area (Å²) in [5, 5.41) is 10.6. The van der Waals surface area contributed by atoms with Gasteiger partial charge in [0.15, 0.2) is 5.96 Å². The number of ether oxygens (including phenoxy) is 1. The van der Waals surface area contributed by atoms with Crippen LogP contribution >= 0.6 is 11.6 Å². The first kappa shape index (κ1) is 20.1. The molecule has 0 unspecified atom stereocenters. The molecule has 0 radical (unpaired) electrons. The first-order valence-electron chi connectivity index (χ1n) is 8.80. The van der Waals surface area contributed by atoms with Gasteiger partial charge in [0.2, 0.25) is 0 Å². The average Bonchev–Trinajstić information content (AvgIpc) is 2.66. The molecule has 0 atom stereocenters. The number of nitrogens with one attached hydrogen (secondary N) is 3. The van der Waals surface area contributed by atoms with Gasteiger partial charge in [-0.1, -0.05) is 41.9 Å². The van der Waals surface area contributed by atoms with Crippen LogP contribution in [-0.4, -0.2) is 32.8 Å². The Morgan fingerprint density at radius 1 is 1.08 bits per heavy atom. The Labute approximate surface area is 160 Å². The number of benzene rings is 2. The molecule has 0 fully saturated rings. The second kappa shape index (κ2) is 11.4. The van der Waals surface area contributed by atoms with Crippen molar-refractivity contribution in [3.63, 3.8) is 0 Å². The van der Waals surface area contributed by atoms with Crippen molar-refractivity contribution in [1.82, 2.24) is 10.6 Å². The van der Waals surface area contributed by atoms with Crippen molar-refractivity contribution in [2.75, 3.05) is 32.1 Å². The molecule has 0 saturated carbocycles. The van der Waals surface area contributed by atoms with Gasteiger partial charge in [-0.05, 0) is 36.2 Å². The molecular weight excluding hydrogens is 348 g/mol. The minimum absolute atomic E-state index is 0.607. The summed E-state index contributed by atoms with van der Waals surface area (Å²) in [5.41, 5.74) is 3.28. The van der Waals surface area contributed by atoms with Crippen LogP contribution in [0.3, 0.4) is 0 Å². The van der Waals surface area contributed by atoms with Gasteiger partial charge in [0.05, 0.1) is 13.2 Å². The van der Waals surface area contributed by atoms with Gasteiger partial charge in [-0.2, -0.15) is 0 Å². The van der Waals surface area contributed by atoms with Crippen molar-refractivity contribution < 1.29 is 4.74 Å². The molecule has 2 rings (SSSR count). The third-order valence-electron chi connectivity index (χ3n) is 3.76. The molecule has 0 saturated heterocycles. The molecule has 0 bridgehead atoms. The number of hydrogen-bond acceptors (Lipinski definition) is 3. The van der Waals surface area contributed by atoms with E-state index in [-0.39, 0.29) is 0 Å². The molecule has 0 aliphatic heterocycles. The second-order valence-electron chi connectivity index (χ2n) is 5.76. The predicted molar refractivity (Wildman–Crippen MR) is 110 cm³/mol.